The van der Waals surface area contributed by atoms with Crippen LogP contribution >= 0.6 is 0 Å². The van der Waals surface area contributed by atoms with Gasteiger partial charge in [-0.2, -0.15) is 0 Å². The highest BCUT2D eigenvalue weighted by atomic mass is 16.3. The van der Waals surface area contributed by atoms with Crippen LogP contribution in [0.5, 0.6) is 0 Å². The summed E-state index contributed by atoms with van der Waals surface area (Å²) < 4.78 is 0. The molecule has 0 saturated carbocycles. The summed E-state index contributed by atoms with van der Waals surface area (Å²) in [6.45, 7) is 7.69. The highest BCUT2D eigenvalue weighted by molar-refractivity contribution is 4.82. The lowest BCUT2D eigenvalue weighted by Crippen LogP contribution is -2.56. The Kier molecular flexibility index (Phi) is 3.30. The van der Waals surface area contributed by atoms with Gasteiger partial charge in [-0.25, -0.2) is 0 Å². The number of hydrogen-bond donors (Lipinski definition) is 2. The summed E-state index contributed by atoms with van der Waals surface area (Å²) in [5.74, 6) is 0. The number of nitrogens with zero attached hydrogens (tertiary/aromatic N) is 1. The van der Waals surface area contributed by atoms with Crippen LogP contribution in [0.4, 0.5) is 0 Å². The van der Waals surface area contributed by atoms with Crippen LogP contribution < -0.4 is 5.32 Å². The zero-order valence-corrected chi connectivity index (χ0v) is 7.38. The van der Waals surface area contributed by atoms with Crippen molar-refractivity contribution in [2.24, 2.45) is 0 Å². The molecule has 1 rings (SSSR count). The lowest BCUT2D eigenvalue weighted by Gasteiger charge is -2.37. The molecule has 0 amide bonds. The van der Waals surface area contributed by atoms with Crippen molar-refractivity contribution in [1.29, 1.82) is 0 Å². The third-order valence-electron chi connectivity index (χ3n) is 2.41. The molecule has 2 N–H and O–H groups in total. The molecule has 11 heavy (non-hydrogen) atoms. The maximum absolute atomic E-state index is 8.90. The Morgan fingerprint density at radius 1 is 1.64 bits per heavy atom. The molecule has 2 unspecified atom stereocenters. The van der Waals surface area contributed by atoms with Crippen LogP contribution in [0.3, 0.4) is 0 Å². The van der Waals surface area contributed by atoms with E-state index in [1.165, 1.54) is 0 Å². The van der Waals surface area contributed by atoms with Gasteiger partial charge in [0.1, 0.15) is 0 Å². The second kappa shape index (κ2) is 4.04. The van der Waals surface area contributed by atoms with Crippen molar-refractivity contribution in [2.45, 2.75) is 25.9 Å². The Bertz CT molecular complexity index is 119. The summed E-state index contributed by atoms with van der Waals surface area (Å²) in [6.07, 6.45) is 0. The highest BCUT2D eigenvalue weighted by Crippen LogP contribution is 2.04. The van der Waals surface area contributed by atoms with Crippen molar-refractivity contribution in [3.63, 3.8) is 0 Å². The zero-order valence-electron chi connectivity index (χ0n) is 7.38. The molecule has 3 heteroatoms. The Balaban J connectivity index is 2.37. The summed E-state index contributed by atoms with van der Waals surface area (Å²) in [5, 5.41) is 12.2. The number of aliphatic hydroxyl groups excluding tert-OH is 1. The molecular weight excluding hydrogens is 140 g/mol. The summed E-state index contributed by atoms with van der Waals surface area (Å²) in [4.78, 5) is 2.39. The zero-order chi connectivity index (χ0) is 8.27. The third kappa shape index (κ3) is 2.15. The van der Waals surface area contributed by atoms with Gasteiger partial charge in [0.15, 0.2) is 0 Å². The van der Waals surface area contributed by atoms with Gasteiger partial charge in [-0.1, -0.05) is 6.92 Å². The molecule has 0 bridgehead atoms. The summed E-state index contributed by atoms with van der Waals surface area (Å²) in [5.41, 5.74) is 0. The SMILES string of the molecule is CCN1CC(CO)NCC1C. The number of aliphatic hydroxyl groups is 1. The molecule has 2 atom stereocenters. The minimum atomic E-state index is 0.253. The van der Waals surface area contributed by atoms with E-state index in [4.69, 9.17) is 5.11 Å². The van der Waals surface area contributed by atoms with E-state index in [9.17, 15) is 0 Å². The largest absolute Gasteiger partial charge is 0.395 e. The van der Waals surface area contributed by atoms with Crippen molar-refractivity contribution in [3.8, 4) is 0 Å². The lowest BCUT2D eigenvalue weighted by atomic mass is 10.1. The minimum Gasteiger partial charge on any atom is -0.395 e. The fourth-order valence-electron chi connectivity index (χ4n) is 1.56. The molecule has 1 aliphatic heterocycles. The van der Waals surface area contributed by atoms with E-state index in [1.54, 1.807) is 0 Å². The Morgan fingerprint density at radius 2 is 2.36 bits per heavy atom. The predicted octanol–water partition coefficient (Wildman–Crippen LogP) is -0.339. The van der Waals surface area contributed by atoms with Crippen molar-refractivity contribution in [3.05, 3.63) is 0 Å². The molecule has 1 aliphatic rings. The van der Waals surface area contributed by atoms with Crippen LogP contribution in [0, 0.1) is 0 Å². The van der Waals surface area contributed by atoms with Crippen LogP contribution in [-0.4, -0.2) is 48.3 Å². The first-order valence-electron chi connectivity index (χ1n) is 4.36. The number of rotatable bonds is 2. The summed E-state index contributed by atoms with van der Waals surface area (Å²) in [7, 11) is 0. The fourth-order valence-corrected chi connectivity index (χ4v) is 1.56. The molecule has 0 aromatic carbocycles. The van der Waals surface area contributed by atoms with E-state index >= 15 is 0 Å². The molecule has 1 saturated heterocycles. The van der Waals surface area contributed by atoms with E-state index in [0.29, 0.717) is 6.04 Å². The second-order valence-electron chi connectivity index (χ2n) is 3.22. The molecule has 1 fully saturated rings. The van der Waals surface area contributed by atoms with Crippen LogP contribution in [0.2, 0.25) is 0 Å². The molecule has 3 nitrogen and oxygen atoms in total. The molecule has 66 valence electrons. The first-order chi connectivity index (χ1) is 5.27. The van der Waals surface area contributed by atoms with E-state index in [-0.39, 0.29) is 12.6 Å². The normalized spacial score (nSPS) is 34.1. The molecule has 0 spiro atoms. The van der Waals surface area contributed by atoms with Crippen molar-refractivity contribution in [2.75, 3.05) is 26.2 Å². The molecule has 1 heterocycles. The van der Waals surface area contributed by atoms with Gasteiger partial charge in [0, 0.05) is 25.2 Å². The summed E-state index contributed by atoms with van der Waals surface area (Å²) in [6, 6.07) is 0.897. The first-order valence-corrected chi connectivity index (χ1v) is 4.36. The Morgan fingerprint density at radius 3 is 2.91 bits per heavy atom. The first kappa shape index (κ1) is 8.97. The monoisotopic (exact) mass is 158 g/mol. The average Bonchev–Trinajstić information content (AvgIpc) is 2.05. The van der Waals surface area contributed by atoms with Gasteiger partial charge in [-0.05, 0) is 13.5 Å². The maximum atomic E-state index is 8.90. The Labute approximate surface area is 68.4 Å². The van der Waals surface area contributed by atoms with E-state index in [2.05, 4.69) is 24.1 Å². The quantitative estimate of drug-likeness (QED) is 0.577. The third-order valence-corrected chi connectivity index (χ3v) is 2.41. The van der Waals surface area contributed by atoms with Crippen molar-refractivity contribution in [1.82, 2.24) is 10.2 Å². The molecule has 0 aliphatic carbocycles. The van der Waals surface area contributed by atoms with Crippen LogP contribution in [-0.2, 0) is 0 Å². The highest BCUT2D eigenvalue weighted by Gasteiger charge is 2.22. The standard InChI is InChI=1S/C8H18N2O/c1-3-10-5-8(6-11)9-4-7(10)2/h7-9,11H,3-6H2,1-2H3. The summed E-state index contributed by atoms with van der Waals surface area (Å²) >= 11 is 0. The number of hydrogen-bond acceptors (Lipinski definition) is 3. The van der Waals surface area contributed by atoms with E-state index in [0.717, 1.165) is 19.6 Å². The smallest absolute Gasteiger partial charge is 0.0597 e. The molecule has 0 aromatic heterocycles. The predicted molar refractivity (Wildman–Crippen MR) is 45.6 cm³/mol. The van der Waals surface area contributed by atoms with Gasteiger partial charge in [-0.15, -0.1) is 0 Å². The van der Waals surface area contributed by atoms with Crippen molar-refractivity contribution >= 4 is 0 Å². The van der Waals surface area contributed by atoms with Gasteiger partial charge in [0.25, 0.3) is 0 Å². The number of likely N-dealkylation sites (N-methyl/N-ethyl adjacent to an activating group) is 1. The van der Waals surface area contributed by atoms with Gasteiger partial charge in [0.05, 0.1) is 6.61 Å². The van der Waals surface area contributed by atoms with Gasteiger partial charge in [0.2, 0.25) is 0 Å². The number of piperazine rings is 1. The van der Waals surface area contributed by atoms with Gasteiger partial charge in [-0.3, -0.25) is 4.90 Å². The van der Waals surface area contributed by atoms with Crippen LogP contribution in [0.1, 0.15) is 13.8 Å². The lowest BCUT2D eigenvalue weighted by molar-refractivity contribution is 0.114. The topological polar surface area (TPSA) is 35.5 Å². The van der Waals surface area contributed by atoms with E-state index < -0.39 is 0 Å². The van der Waals surface area contributed by atoms with Crippen LogP contribution in [0.15, 0.2) is 0 Å². The van der Waals surface area contributed by atoms with E-state index in [1.807, 2.05) is 0 Å². The minimum absolute atomic E-state index is 0.253. The molecule has 0 aromatic rings. The Hall–Kier alpha value is -0.120. The van der Waals surface area contributed by atoms with Gasteiger partial charge >= 0.3 is 0 Å². The fraction of sp³-hybridized carbons (Fsp3) is 1.00. The van der Waals surface area contributed by atoms with Crippen molar-refractivity contribution < 1.29 is 5.11 Å². The van der Waals surface area contributed by atoms with Crippen LogP contribution in [0.25, 0.3) is 0 Å². The average molecular weight is 158 g/mol. The molecular formula is C8H18N2O. The maximum Gasteiger partial charge on any atom is 0.0597 e. The van der Waals surface area contributed by atoms with Gasteiger partial charge < -0.3 is 10.4 Å². The second-order valence-corrected chi connectivity index (χ2v) is 3.22. The molecule has 0 radical (unpaired) electrons. The number of nitrogens with one attached hydrogen (secondary N) is 1.